The molecule has 0 bridgehead atoms. The van der Waals surface area contributed by atoms with Gasteiger partial charge in [0.2, 0.25) is 5.91 Å². The number of carbonyl (C=O) groups excluding carboxylic acids is 2. The number of rotatable bonds is 10. The Morgan fingerprint density at radius 1 is 1.03 bits per heavy atom. The quantitative estimate of drug-likeness (QED) is 0.470. The van der Waals surface area contributed by atoms with Crippen molar-refractivity contribution in [2.24, 2.45) is 7.05 Å². The first-order valence-electron chi connectivity index (χ1n) is 9.80. The molecule has 162 valence electrons. The monoisotopic (exact) mass is 439 g/mol. The molecular weight excluding hydrogens is 414 g/mol. The number of ether oxygens (including phenoxy) is 1. The summed E-state index contributed by atoms with van der Waals surface area (Å²) < 4.78 is 6.94. The van der Waals surface area contributed by atoms with Gasteiger partial charge in [-0.15, -0.1) is 10.2 Å². The smallest absolute Gasteiger partial charge is 0.251 e. The Balaban J connectivity index is 1.41. The first-order valence-corrected chi connectivity index (χ1v) is 10.8. The standard InChI is InChI=1S/C22H25N5O3S/c1-27-19(12-13-23-21(29)17-8-10-18(30-2)11-9-17)25-26-22(27)31-15-20(28)24-14-16-6-4-3-5-7-16/h3-11H,12-15H2,1-2H3,(H,23,29)(H,24,28). The first kappa shape index (κ1) is 22.4. The second-order valence-electron chi connectivity index (χ2n) is 6.74. The number of benzene rings is 2. The van der Waals surface area contributed by atoms with Crippen LogP contribution in [0.15, 0.2) is 59.8 Å². The van der Waals surface area contributed by atoms with Crippen molar-refractivity contribution in [3.63, 3.8) is 0 Å². The van der Waals surface area contributed by atoms with Crippen LogP contribution in [0.4, 0.5) is 0 Å². The Morgan fingerprint density at radius 3 is 2.48 bits per heavy atom. The molecule has 1 aromatic heterocycles. The van der Waals surface area contributed by atoms with E-state index in [0.717, 1.165) is 11.4 Å². The number of amides is 2. The SMILES string of the molecule is COc1ccc(C(=O)NCCc2nnc(SCC(=O)NCc3ccccc3)n2C)cc1. The minimum absolute atomic E-state index is 0.0647. The number of hydrogen-bond donors (Lipinski definition) is 2. The van der Waals surface area contributed by atoms with Crippen LogP contribution < -0.4 is 15.4 Å². The molecule has 8 nitrogen and oxygen atoms in total. The van der Waals surface area contributed by atoms with Crippen LogP contribution in [0.3, 0.4) is 0 Å². The minimum Gasteiger partial charge on any atom is -0.497 e. The molecule has 0 spiro atoms. The molecule has 0 saturated heterocycles. The Morgan fingerprint density at radius 2 is 1.77 bits per heavy atom. The first-order chi connectivity index (χ1) is 15.1. The molecule has 3 aromatic rings. The maximum atomic E-state index is 12.2. The molecule has 0 aliphatic heterocycles. The highest BCUT2D eigenvalue weighted by molar-refractivity contribution is 7.99. The predicted molar refractivity (Wildman–Crippen MR) is 119 cm³/mol. The number of nitrogens with zero attached hydrogens (tertiary/aromatic N) is 3. The van der Waals surface area contributed by atoms with Gasteiger partial charge in [0.15, 0.2) is 5.16 Å². The number of aromatic nitrogens is 3. The van der Waals surface area contributed by atoms with Crippen molar-refractivity contribution in [3.05, 3.63) is 71.5 Å². The van der Waals surface area contributed by atoms with Crippen LogP contribution in [0.25, 0.3) is 0 Å². The van der Waals surface area contributed by atoms with Crippen molar-refractivity contribution >= 4 is 23.6 Å². The van der Waals surface area contributed by atoms with Crippen LogP contribution in [0, 0.1) is 0 Å². The van der Waals surface area contributed by atoms with Crippen molar-refractivity contribution in [2.75, 3.05) is 19.4 Å². The summed E-state index contributed by atoms with van der Waals surface area (Å²) in [5.74, 6) is 1.48. The normalized spacial score (nSPS) is 10.5. The zero-order valence-electron chi connectivity index (χ0n) is 17.5. The summed E-state index contributed by atoms with van der Waals surface area (Å²) >= 11 is 1.33. The van der Waals surface area contributed by atoms with Gasteiger partial charge in [-0.25, -0.2) is 0 Å². The highest BCUT2D eigenvalue weighted by atomic mass is 32.2. The molecule has 0 saturated carbocycles. The molecule has 31 heavy (non-hydrogen) atoms. The van der Waals surface area contributed by atoms with Crippen LogP contribution >= 0.6 is 11.8 Å². The van der Waals surface area contributed by atoms with Gasteiger partial charge in [0.05, 0.1) is 12.9 Å². The molecule has 3 rings (SSSR count). The second-order valence-corrected chi connectivity index (χ2v) is 7.69. The van der Waals surface area contributed by atoms with Crippen molar-refractivity contribution < 1.29 is 14.3 Å². The van der Waals surface area contributed by atoms with E-state index in [2.05, 4.69) is 20.8 Å². The summed E-state index contributed by atoms with van der Waals surface area (Å²) in [6.07, 6.45) is 0.534. The molecule has 0 unspecified atom stereocenters. The molecular formula is C22H25N5O3S. The van der Waals surface area contributed by atoms with Crippen molar-refractivity contribution in [2.45, 2.75) is 18.1 Å². The Labute approximate surface area is 185 Å². The van der Waals surface area contributed by atoms with Gasteiger partial charge in [0.1, 0.15) is 11.6 Å². The number of methoxy groups -OCH3 is 1. The lowest BCUT2D eigenvalue weighted by molar-refractivity contribution is -0.118. The van der Waals surface area contributed by atoms with E-state index in [0.29, 0.717) is 36.0 Å². The molecule has 2 aromatic carbocycles. The zero-order valence-corrected chi connectivity index (χ0v) is 18.3. The summed E-state index contributed by atoms with van der Waals surface area (Å²) in [6, 6.07) is 16.7. The van der Waals surface area contributed by atoms with Crippen molar-refractivity contribution in [3.8, 4) is 5.75 Å². The van der Waals surface area contributed by atoms with Crippen molar-refractivity contribution in [1.29, 1.82) is 0 Å². The van der Waals surface area contributed by atoms with E-state index in [9.17, 15) is 9.59 Å². The Bertz CT molecular complexity index is 1010. The predicted octanol–water partition coefficient (Wildman–Crippen LogP) is 2.20. The Hall–Kier alpha value is -3.33. The van der Waals surface area contributed by atoms with Gasteiger partial charge >= 0.3 is 0 Å². The summed E-state index contributed by atoms with van der Waals surface area (Å²) in [6.45, 7) is 0.928. The highest BCUT2D eigenvalue weighted by Gasteiger charge is 2.12. The topological polar surface area (TPSA) is 98.1 Å². The van der Waals surface area contributed by atoms with E-state index < -0.39 is 0 Å². The number of nitrogens with one attached hydrogen (secondary N) is 2. The largest absolute Gasteiger partial charge is 0.497 e. The molecule has 2 N–H and O–H groups in total. The maximum absolute atomic E-state index is 12.2. The van der Waals surface area contributed by atoms with Gasteiger partial charge in [-0.2, -0.15) is 0 Å². The molecule has 0 fully saturated rings. The molecule has 0 atom stereocenters. The van der Waals surface area contributed by atoms with Crippen LogP contribution in [-0.2, 0) is 24.8 Å². The molecule has 0 radical (unpaired) electrons. The fraction of sp³-hybridized carbons (Fsp3) is 0.273. The fourth-order valence-electron chi connectivity index (χ4n) is 2.80. The number of hydrogen-bond acceptors (Lipinski definition) is 6. The lowest BCUT2D eigenvalue weighted by Gasteiger charge is -2.07. The van der Waals surface area contributed by atoms with Crippen LogP contribution in [0.2, 0.25) is 0 Å². The maximum Gasteiger partial charge on any atom is 0.251 e. The van der Waals surface area contributed by atoms with Crippen molar-refractivity contribution in [1.82, 2.24) is 25.4 Å². The average Bonchev–Trinajstić information content (AvgIpc) is 3.16. The van der Waals surface area contributed by atoms with Gasteiger partial charge in [-0.05, 0) is 29.8 Å². The van der Waals surface area contributed by atoms with Gasteiger partial charge in [0, 0.05) is 32.1 Å². The summed E-state index contributed by atoms with van der Waals surface area (Å²) in [4.78, 5) is 24.3. The Kier molecular flexibility index (Phi) is 8.05. The van der Waals surface area contributed by atoms with E-state index in [1.807, 2.05) is 41.9 Å². The van der Waals surface area contributed by atoms with E-state index in [4.69, 9.17) is 4.74 Å². The third-order valence-corrected chi connectivity index (χ3v) is 5.60. The second kappa shape index (κ2) is 11.2. The van der Waals surface area contributed by atoms with Crippen LogP contribution in [0.5, 0.6) is 5.75 Å². The molecule has 2 amide bonds. The van der Waals surface area contributed by atoms with E-state index in [1.165, 1.54) is 11.8 Å². The van der Waals surface area contributed by atoms with Gasteiger partial charge in [-0.3, -0.25) is 9.59 Å². The number of thioether (sulfide) groups is 1. The fourth-order valence-corrected chi connectivity index (χ4v) is 3.56. The lowest BCUT2D eigenvalue weighted by atomic mass is 10.2. The third-order valence-electron chi connectivity index (χ3n) is 4.58. The van der Waals surface area contributed by atoms with E-state index in [1.54, 1.807) is 31.4 Å². The molecule has 9 heteroatoms. The third kappa shape index (κ3) is 6.58. The van der Waals surface area contributed by atoms with Gasteiger partial charge < -0.3 is 19.9 Å². The average molecular weight is 440 g/mol. The summed E-state index contributed by atoms with van der Waals surface area (Å²) in [5, 5.41) is 14.7. The van der Waals surface area contributed by atoms with E-state index >= 15 is 0 Å². The van der Waals surface area contributed by atoms with Crippen LogP contribution in [0.1, 0.15) is 21.7 Å². The van der Waals surface area contributed by atoms with Crippen LogP contribution in [-0.4, -0.2) is 46.0 Å². The number of carbonyl (C=O) groups is 2. The van der Waals surface area contributed by atoms with Gasteiger partial charge in [-0.1, -0.05) is 42.1 Å². The zero-order chi connectivity index (χ0) is 22.1. The highest BCUT2D eigenvalue weighted by Crippen LogP contribution is 2.15. The molecule has 0 aliphatic rings. The lowest BCUT2D eigenvalue weighted by Crippen LogP contribution is -2.26. The van der Waals surface area contributed by atoms with E-state index in [-0.39, 0.29) is 17.6 Å². The van der Waals surface area contributed by atoms with Gasteiger partial charge in [0.25, 0.3) is 5.91 Å². The molecule has 0 aliphatic carbocycles. The minimum atomic E-state index is -0.158. The molecule has 1 heterocycles. The summed E-state index contributed by atoms with van der Waals surface area (Å²) in [5.41, 5.74) is 1.62. The summed E-state index contributed by atoms with van der Waals surface area (Å²) in [7, 11) is 3.44.